The number of benzene rings is 1. The molecule has 0 bridgehead atoms. The first-order valence-electron chi connectivity index (χ1n) is 6.49. The van der Waals surface area contributed by atoms with E-state index in [0.29, 0.717) is 13.0 Å². The molecule has 0 saturated heterocycles. The summed E-state index contributed by atoms with van der Waals surface area (Å²) < 4.78 is 0. The third-order valence-electron chi connectivity index (χ3n) is 2.85. The number of aromatic amines is 1. The first-order valence-corrected chi connectivity index (χ1v) is 6.49. The maximum atomic E-state index is 11.4. The Hall–Kier alpha value is -2.23. The van der Waals surface area contributed by atoms with Gasteiger partial charge in [-0.2, -0.15) is 0 Å². The third-order valence-corrected chi connectivity index (χ3v) is 2.85. The number of hydrogen-bond donors (Lipinski definition) is 3. The first kappa shape index (κ1) is 13.2. The predicted octanol–water partition coefficient (Wildman–Crippen LogP) is 2.31. The van der Waals surface area contributed by atoms with Crippen molar-refractivity contribution in [2.45, 2.75) is 19.9 Å². The number of nitrogens with one attached hydrogen (secondary N) is 3. The minimum Gasteiger partial charge on any atom is -0.381 e. The van der Waals surface area contributed by atoms with E-state index in [4.69, 9.17) is 0 Å². The standard InChI is InChI=1S/C15H19N3O/c1-2-17-15(19)9-12-3-5-14(6-4-12)18-11-13-7-8-16-10-13/h3-8,10,16,18H,2,9,11H2,1H3,(H,17,19). The van der Waals surface area contributed by atoms with Crippen LogP contribution in [0.5, 0.6) is 0 Å². The Labute approximate surface area is 113 Å². The summed E-state index contributed by atoms with van der Waals surface area (Å²) in [7, 11) is 0. The van der Waals surface area contributed by atoms with Gasteiger partial charge in [-0.25, -0.2) is 0 Å². The van der Waals surface area contributed by atoms with Gasteiger partial charge >= 0.3 is 0 Å². The molecule has 100 valence electrons. The van der Waals surface area contributed by atoms with Gasteiger partial charge < -0.3 is 15.6 Å². The Morgan fingerprint density at radius 2 is 1.95 bits per heavy atom. The summed E-state index contributed by atoms with van der Waals surface area (Å²) in [6, 6.07) is 10.0. The Morgan fingerprint density at radius 1 is 1.16 bits per heavy atom. The Bertz CT molecular complexity index is 503. The quantitative estimate of drug-likeness (QED) is 0.743. The van der Waals surface area contributed by atoms with Crippen molar-refractivity contribution in [3.8, 4) is 0 Å². The van der Waals surface area contributed by atoms with Crippen LogP contribution >= 0.6 is 0 Å². The smallest absolute Gasteiger partial charge is 0.224 e. The highest BCUT2D eigenvalue weighted by Gasteiger charge is 2.01. The van der Waals surface area contributed by atoms with Crippen LogP contribution in [0.25, 0.3) is 0 Å². The molecule has 0 radical (unpaired) electrons. The van der Waals surface area contributed by atoms with Crippen LogP contribution in [-0.4, -0.2) is 17.4 Å². The number of anilines is 1. The number of H-pyrrole nitrogens is 1. The molecule has 0 aliphatic carbocycles. The second kappa shape index (κ2) is 6.64. The van der Waals surface area contributed by atoms with Crippen molar-refractivity contribution >= 4 is 11.6 Å². The van der Waals surface area contributed by atoms with E-state index in [-0.39, 0.29) is 5.91 Å². The Kier molecular flexibility index (Phi) is 4.61. The molecule has 1 aromatic carbocycles. The molecule has 1 aromatic heterocycles. The van der Waals surface area contributed by atoms with Crippen LogP contribution in [0.1, 0.15) is 18.1 Å². The molecule has 0 saturated carbocycles. The lowest BCUT2D eigenvalue weighted by atomic mass is 10.1. The third kappa shape index (κ3) is 4.17. The van der Waals surface area contributed by atoms with Crippen LogP contribution < -0.4 is 10.6 Å². The van der Waals surface area contributed by atoms with Crippen molar-refractivity contribution in [2.24, 2.45) is 0 Å². The summed E-state index contributed by atoms with van der Waals surface area (Å²) in [4.78, 5) is 14.5. The van der Waals surface area contributed by atoms with Crippen molar-refractivity contribution in [2.75, 3.05) is 11.9 Å². The molecule has 0 aliphatic rings. The molecule has 0 aliphatic heterocycles. The fourth-order valence-electron chi connectivity index (χ4n) is 1.86. The fourth-order valence-corrected chi connectivity index (χ4v) is 1.86. The number of likely N-dealkylation sites (N-methyl/N-ethyl adjacent to an activating group) is 1. The molecule has 0 unspecified atom stereocenters. The molecule has 0 spiro atoms. The van der Waals surface area contributed by atoms with E-state index >= 15 is 0 Å². The molecule has 2 aromatic rings. The summed E-state index contributed by atoms with van der Waals surface area (Å²) in [5.41, 5.74) is 3.30. The van der Waals surface area contributed by atoms with Crippen LogP contribution in [0.4, 0.5) is 5.69 Å². The van der Waals surface area contributed by atoms with Crippen molar-refractivity contribution in [1.82, 2.24) is 10.3 Å². The predicted molar refractivity (Wildman–Crippen MR) is 76.9 cm³/mol. The normalized spacial score (nSPS) is 10.2. The number of carbonyl (C=O) groups excluding carboxylic acids is 1. The number of aromatic nitrogens is 1. The minimum atomic E-state index is 0.0653. The van der Waals surface area contributed by atoms with Gasteiger partial charge in [0.2, 0.25) is 5.91 Å². The highest BCUT2D eigenvalue weighted by atomic mass is 16.1. The largest absolute Gasteiger partial charge is 0.381 e. The van der Waals surface area contributed by atoms with E-state index in [1.807, 2.05) is 49.6 Å². The zero-order chi connectivity index (χ0) is 13.5. The summed E-state index contributed by atoms with van der Waals surface area (Å²) >= 11 is 0. The van der Waals surface area contributed by atoms with Crippen LogP contribution in [0.3, 0.4) is 0 Å². The Balaban J connectivity index is 1.85. The second-order valence-electron chi connectivity index (χ2n) is 4.40. The molecule has 2 rings (SSSR count). The van der Waals surface area contributed by atoms with Gasteiger partial charge in [-0.3, -0.25) is 4.79 Å². The van der Waals surface area contributed by atoms with Gasteiger partial charge in [0.25, 0.3) is 0 Å². The van der Waals surface area contributed by atoms with Gasteiger partial charge in [0, 0.05) is 31.2 Å². The monoisotopic (exact) mass is 257 g/mol. The summed E-state index contributed by atoms with van der Waals surface area (Å²) in [5.74, 6) is 0.0653. The number of hydrogen-bond acceptors (Lipinski definition) is 2. The van der Waals surface area contributed by atoms with Gasteiger partial charge in [0.05, 0.1) is 6.42 Å². The van der Waals surface area contributed by atoms with Gasteiger partial charge in [0.15, 0.2) is 0 Å². The number of carbonyl (C=O) groups is 1. The summed E-state index contributed by atoms with van der Waals surface area (Å²) in [6.45, 7) is 3.39. The van der Waals surface area contributed by atoms with E-state index in [0.717, 1.165) is 17.8 Å². The first-order chi connectivity index (χ1) is 9.28. The molecule has 19 heavy (non-hydrogen) atoms. The van der Waals surface area contributed by atoms with E-state index in [1.54, 1.807) is 0 Å². The lowest BCUT2D eigenvalue weighted by molar-refractivity contribution is -0.120. The lowest BCUT2D eigenvalue weighted by Gasteiger charge is -2.07. The van der Waals surface area contributed by atoms with E-state index in [9.17, 15) is 4.79 Å². The molecule has 4 nitrogen and oxygen atoms in total. The molecule has 0 fully saturated rings. The van der Waals surface area contributed by atoms with Crippen LogP contribution in [0.15, 0.2) is 42.7 Å². The zero-order valence-electron chi connectivity index (χ0n) is 11.1. The lowest BCUT2D eigenvalue weighted by Crippen LogP contribution is -2.24. The number of amides is 1. The van der Waals surface area contributed by atoms with E-state index in [1.165, 1.54) is 5.56 Å². The summed E-state index contributed by atoms with van der Waals surface area (Å²) in [6.07, 6.45) is 4.31. The SMILES string of the molecule is CCNC(=O)Cc1ccc(NCc2cc[nH]c2)cc1. The van der Waals surface area contributed by atoms with Crippen molar-refractivity contribution in [1.29, 1.82) is 0 Å². The van der Waals surface area contributed by atoms with E-state index < -0.39 is 0 Å². The molecule has 4 heteroatoms. The van der Waals surface area contributed by atoms with Crippen LogP contribution in [-0.2, 0) is 17.8 Å². The van der Waals surface area contributed by atoms with Crippen LogP contribution in [0.2, 0.25) is 0 Å². The maximum Gasteiger partial charge on any atom is 0.224 e. The van der Waals surface area contributed by atoms with E-state index in [2.05, 4.69) is 15.6 Å². The van der Waals surface area contributed by atoms with Crippen molar-refractivity contribution < 1.29 is 4.79 Å². The molecular weight excluding hydrogens is 238 g/mol. The maximum absolute atomic E-state index is 11.4. The molecular formula is C15H19N3O. The second-order valence-corrected chi connectivity index (χ2v) is 4.40. The molecule has 0 atom stereocenters. The van der Waals surface area contributed by atoms with Crippen LogP contribution in [0, 0.1) is 0 Å². The Morgan fingerprint density at radius 3 is 2.58 bits per heavy atom. The summed E-state index contributed by atoms with van der Waals surface area (Å²) in [5, 5.41) is 6.13. The van der Waals surface area contributed by atoms with Gasteiger partial charge in [-0.05, 0) is 36.2 Å². The van der Waals surface area contributed by atoms with Crippen molar-refractivity contribution in [3.05, 3.63) is 53.9 Å². The topological polar surface area (TPSA) is 56.9 Å². The highest BCUT2D eigenvalue weighted by molar-refractivity contribution is 5.78. The molecule has 3 N–H and O–H groups in total. The zero-order valence-corrected chi connectivity index (χ0v) is 11.1. The van der Waals surface area contributed by atoms with Gasteiger partial charge in [0.1, 0.15) is 0 Å². The van der Waals surface area contributed by atoms with Gasteiger partial charge in [-0.1, -0.05) is 12.1 Å². The average molecular weight is 257 g/mol. The molecule has 1 amide bonds. The number of rotatable bonds is 6. The molecule has 1 heterocycles. The van der Waals surface area contributed by atoms with Crippen molar-refractivity contribution in [3.63, 3.8) is 0 Å². The highest BCUT2D eigenvalue weighted by Crippen LogP contribution is 2.11. The fraction of sp³-hybridized carbons (Fsp3) is 0.267. The minimum absolute atomic E-state index is 0.0653. The average Bonchev–Trinajstić information content (AvgIpc) is 2.91. The van der Waals surface area contributed by atoms with Gasteiger partial charge in [-0.15, -0.1) is 0 Å².